The first-order chi connectivity index (χ1) is 10.5. The van der Waals surface area contributed by atoms with E-state index in [9.17, 15) is 9.59 Å². The average Bonchev–Trinajstić information content (AvgIpc) is 3.12. The standard InChI is InChI=1S/C14H19N5O3/c1-10-4-6-16-18(10)7-3-5-15-13(20)11(2)19-9-12(8-17-19)14(21)22/h4,6,8-9,11H,3,5,7H2,1-2H3,(H,15,20)(H,21,22). The minimum absolute atomic E-state index is 0.0637. The van der Waals surface area contributed by atoms with E-state index < -0.39 is 12.0 Å². The number of carbonyl (C=O) groups is 2. The molecule has 2 aromatic rings. The highest BCUT2D eigenvalue weighted by molar-refractivity contribution is 5.87. The van der Waals surface area contributed by atoms with Crippen LogP contribution in [0.5, 0.6) is 0 Å². The Hall–Kier alpha value is -2.64. The van der Waals surface area contributed by atoms with Gasteiger partial charge in [0.1, 0.15) is 6.04 Å². The number of aromatic carboxylic acids is 1. The zero-order valence-corrected chi connectivity index (χ0v) is 12.6. The van der Waals surface area contributed by atoms with Gasteiger partial charge < -0.3 is 10.4 Å². The van der Waals surface area contributed by atoms with Gasteiger partial charge in [-0.3, -0.25) is 14.2 Å². The van der Waals surface area contributed by atoms with E-state index in [-0.39, 0.29) is 11.5 Å². The number of nitrogens with one attached hydrogen (secondary N) is 1. The van der Waals surface area contributed by atoms with Crippen LogP contribution in [-0.4, -0.2) is 43.1 Å². The monoisotopic (exact) mass is 305 g/mol. The van der Waals surface area contributed by atoms with Crippen molar-refractivity contribution in [3.63, 3.8) is 0 Å². The maximum absolute atomic E-state index is 12.0. The quantitative estimate of drug-likeness (QED) is 0.738. The molecule has 0 saturated heterocycles. The van der Waals surface area contributed by atoms with E-state index in [4.69, 9.17) is 5.11 Å². The summed E-state index contributed by atoms with van der Waals surface area (Å²) in [5, 5.41) is 19.7. The van der Waals surface area contributed by atoms with Gasteiger partial charge >= 0.3 is 5.97 Å². The van der Waals surface area contributed by atoms with Crippen molar-refractivity contribution in [2.45, 2.75) is 32.9 Å². The van der Waals surface area contributed by atoms with Crippen LogP contribution in [0.2, 0.25) is 0 Å². The molecule has 0 radical (unpaired) electrons. The Balaban J connectivity index is 1.78. The van der Waals surface area contributed by atoms with E-state index in [0.29, 0.717) is 6.54 Å². The second kappa shape index (κ2) is 6.88. The van der Waals surface area contributed by atoms with Gasteiger partial charge in [-0.05, 0) is 26.3 Å². The van der Waals surface area contributed by atoms with Crippen LogP contribution in [0.15, 0.2) is 24.7 Å². The summed E-state index contributed by atoms with van der Waals surface area (Å²) in [4.78, 5) is 22.8. The first-order valence-electron chi connectivity index (χ1n) is 7.02. The Morgan fingerprint density at radius 2 is 2.18 bits per heavy atom. The topological polar surface area (TPSA) is 102 Å². The zero-order valence-electron chi connectivity index (χ0n) is 12.6. The molecule has 1 unspecified atom stereocenters. The normalized spacial score (nSPS) is 12.1. The fourth-order valence-electron chi connectivity index (χ4n) is 2.00. The van der Waals surface area contributed by atoms with Crippen LogP contribution in [-0.2, 0) is 11.3 Å². The highest BCUT2D eigenvalue weighted by atomic mass is 16.4. The van der Waals surface area contributed by atoms with Crippen LogP contribution < -0.4 is 5.32 Å². The first kappa shape index (κ1) is 15.7. The molecule has 22 heavy (non-hydrogen) atoms. The number of nitrogens with zero attached hydrogens (tertiary/aromatic N) is 4. The van der Waals surface area contributed by atoms with Crippen LogP contribution >= 0.6 is 0 Å². The first-order valence-corrected chi connectivity index (χ1v) is 7.02. The summed E-state index contributed by atoms with van der Waals surface area (Å²) in [6.45, 7) is 4.91. The Kier molecular flexibility index (Phi) is 4.92. The highest BCUT2D eigenvalue weighted by Gasteiger charge is 2.17. The second-order valence-electron chi connectivity index (χ2n) is 5.03. The number of carboxylic acids is 1. The minimum atomic E-state index is -1.06. The van der Waals surface area contributed by atoms with E-state index in [1.807, 2.05) is 17.7 Å². The Morgan fingerprint density at radius 3 is 2.77 bits per heavy atom. The number of aromatic nitrogens is 4. The molecule has 1 amide bonds. The number of aryl methyl sites for hydroxylation is 2. The molecule has 0 fully saturated rings. The summed E-state index contributed by atoms with van der Waals surface area (Å²) in [5.41, 5.74) is 1.14. The van der Waals surface area contributed by atoms with Crippen molar-refractivity contribution in [2.75, 3.05) is 6.54 Å². The van der Waals surface area contributed by atoms with Crippen molar-refractivity contribution < 1.29 is 14.7 Å². The van der Waals surface area contributed by atoms with Gasteiger partial charge in [0.05, 0.1) is 11.8 Å². The minimum Gasteiger partial charge on any atom is -0.478 e. The van der Waals surface area contributed by atoms with Crippen molar-refractivity contribution >= 4 is 11.9 Å². The third-order valence-electron chi connectivity index (χ3n) is 3.40. The van der Waals surface area contributed by atoms with E-state index in [2.05, 4.69) is 15.5 Å². The third-order valence-corrected chi connectivity index (χ3v) is 3.40. The van der Waals surface area contributed by atoms with Crippen LogP contribution in [0.4, 0.5) is 0 Å². The number of rotatable bonds is 7. The lowest BCUT2D eigenvalue weighted by molar-refractivity contribution is -0.124. The van der Waals surface area contributed by atoms with Gasteiger partial charge in [0.25, 0.3) is 0 Å². The smallest absolute Gasteiger partial charge is 0.338 e. The zero-order chi connectivity index (χ0) is 16.1. The molecule has 2 aromatic heterocycles. The maximum Gasteiger partial charge on any atom is 0.338 e. The molecular formula is C14H19N5O3. The van der Waals surface area contributed by atoms with Crippen molar-refractivity contribution in [3.05, 3.63) is 35.9 Å². The van der Waals surface area contributed by atoms with E-state index >= 15 is 0 Å². The molecule has 2 N–H and O–H groups in total. The fraction of sp³-hybridized carbons (Fsp3) is 0.429. The number of hydrogen-bond acceptors (Lipinski definition) is 4. The summed E-state index contributed by atoms with van der Waals surface area (Å²) in [7, 11) is 0. The molecule has 118 valence electrons. The van der Waals surface area contributed by atoms with Crippen LogP contribution in [0.1, 0.15) is 35.4 Å². The molecule has 0 aliphatic heterocycles. The van der Waals surface area contributed by atoms with Crippen molar-refractivity contribution in [1.29, 1.82) is 0 Å². The summed E-state index contributed by atoms with van der Waals surface area (Å²) >= 11 is 0. The molecule has 2 rings (SSSR count). The second-order valence-corrected chi connectivity index (χ2v) is 5.03. The summed E-state index contributed by atoms with van der Waals surface area (Å²) < 4.78 is 3.22. The fourth-order valence-corrected chi connectivity index (χ4v) is 2.00. The van der Waals surface area contributed by atoms with Crippen LogP contribution in [0, 0.1) is 6.92 Å². The Labute approximate surface area is 127 Å². The van der Waals surface area contributed by atoms with Crippen LogP contribution in [0.25, 0.3) is 0 Å². The van der Waals surface area contributed by atoms with Gasteiger partial charge in [0, 0.05) is 31.2 Å². The molecule has 2 heterocycles. The van der Waals surface area contributed by atoms with Gasteiger partial charge in [-0.15, -0.1) is 0 Å². The van der Waals surface area contributed by atoms with E-state index in [1.54, 1.807) is 13.1 Å². The predicted octanol–water partition coefficient (Wildman–Crippen LogP) is 0.854. The van der Waals surface area contributed by atoms with Crippen molar-refractivity contribution in [1.82, 2.24) is 24.9 Å². The molecule has 8 heteroatoms. The molecule has 0 aromatic carbocycles. The van der Waals surface area contributed by atoms with Gasteiger partial charge in [-0.1, -0.05) is 0 Å². The highest BCUT2D eigenvalue weighted by Crippen LogP contribution is 2.07. The van der Waals surface area contributed by atoms with Crippen molar-refractivity contribution in [2.24, 2.45) is 0 Å². The lowest BCUT2D eigenvalue weighted by Crippen LogP contribution is -2.32. The molecule has 0 spiro atoms. The van der Waals surface area contributed by atoms with E-state index in [1.165, 1.54) is 17.1 Å². The number of carboxylic acid groups (broad SMARTS) is 1. The Morgan fingerprint density at radius 1 is 1.41 bits per heavy atom. The van der Waals surface area contributed by atoms with Gasteiger partial charge in [0.15, 0.2) is 0 Å². The largest absolute Gasteiger partial charge is 0.478 e. The average molecular weight is 305 g/mol. The molecule has 0 saturated carbocycles. The molecule has 8 nitrogen and oxygen atoms in total. The number of hydrogen-bond donors (Lipinski definition) is 2. The lowest BCUT2D eigenvalue weighted by Gasteiger charge is -2.12. The summed E-state index contributed by atoms with van der Waals surface area (Å²) in [6, 6.07) is 1.37. The van der Waals surface area contributed by atoms with E-state index in [0.717, 1.165) is 18.7 Å². The van der Waals surface area contributed by atoms with Crippen LogP contribution in [0.3, 0.4) is 0 Å². The molecule has 1 atom stereocenters. The van der Waals surface area contributed by atoms with Gasteiger partial charge in [-0.2, -0.15) is 10.2 Å². The van der Waals surface area contributed by atoms with Gasteiger partial charge in [0.2, 0.25) is 5.91 Å². The number of carbonyl (C=O) groups excluding carboxylic acids is 1. The number of amides is 1. The molecule has 0 aliphatic carbocycles. The van der Waals surface area contributed by atoms with Crippen molar-refractivity contribution in [3.8, 4) is 0 Å². The molecule has 0 aliphatic rings. The molecular weight excluding hydrogens is 286 g/mol. The Bertz CT molecular complexity index is 661. The summed E-state index contributed by atoms with van der Waals surface area (Å²) in [6.07, 6.45) is 5.08. The molecule has 0 bridgehead atoms. The SMILES string of the molecule is Cc1ccnn1CCCNC(=O)C(C)n1cc(C(=O)O)cn1. The predicted molar refractivity (Wildman–Crippen MR) is 78.5 cm³/mol. The summed E-state index contributed by atoms with van der Waals surface area (Å²) in [5.74, 6) is -1.26. The lowest BCUT2D eigenvalue weighted by atomic mass is 10.3. The maximum atomic E-state index is 12.0. The third kappa shape index (κ3) is 3.72. The van der Waals surface area contributed by atoms with Gasteiger partial charge in [-0.25, -0.2) is 4.79 Å².